The van der Waals surface area contributed by atoms with Gasteiger partial charge in [0.15, 0.2) is 0 Å². The van der Waals surface area contributed by atoms with E-state index in [9.17, 15) is 0 Å². The van der Waals surface area contributed by atoms with Crippen molar-refractivity contribution in [1.82, 2.24) is 10.3 Å². The number of para-hydroxylation sites is 1. The predicted octanol–water partition coefficient (Wildman–Crippen LogP) is 1.87. The van der Waals surface area contributed by atoms with Crippen molar-refractivity contribution in [3.63, 3.8) is 0 Å². The predicted molar refractivity (Wildman–Crippen MR) is 69.8 cm³/mol. The summed E-state index contributed by atoms with van der Waals surface area (Å²) in [6.07, 6.45) is 2.32. The molecule has 86 valence electrons. The molecular weight excluding hydrogens is 210 g/mol. The molecule has 3 nitrogen and oxygen atoms in total. The van der Waals surface area contributed by atoms with Gasteiger partial charge >= 0.3 is 0 Å². The van der Waals surface area contributed by atoms with Crippen LogP contribution in [-0.4, -0.2) is 29.8 Å². The zero-order valence-corrected chi connectivity index (χ0v) is 9.66. The third-order valence-electron chi connectivity index (χ3n) is 3.87. The summed E-state index contributed by atoms with van der Waals surface area (Å²) in [5, 5.41) is 4.93. The number of aromatic amines is 1. The first kappa shape index (κ1) is 9.42. The van der Waals surface area contributed by atoms with Crippen molar-refractivity contribution < 1.29 is 0 Å². The molecule has 1 aliphatic heterocycles. The smallest absolute Gasteiger partial charge is 0.0755 e. The van der Waals surface area contributed by atoms with Crippen molar-refractivity contribution in [1.29, 1.82) is 0 Å². The lowest BCUT2D eigenvalue weighted by atomic mass is 9.89. The van der Waals surface area contributed by atoms with Crippen LogP contribution in [0, 0.1) is 0 Å². The zero-order chi connectivity index (χ0) is 11.2. The van der Waals surface area contributed by atoms with Crippen molar-refractivity contribution in [2.45, 2.75) is 18.9 Å². The number of H-pyrrole nitrogens is 1. The van der Waals surface area contributed by atoms with Gasteiger partial charge in [0.05, 0.1) is 24.0 Å². The van der Waals surface area contributed by atoms with Crippen LogP contribution in [0.25, 0.3) is 10.9 Å². The molecular formula is C14H15N3. The summed E-state index contributed by atoms with van der Waals surface area (Å²) in [4.78, 5) is 8.26. The second kappa shape index (κ2) is 3.44. The fraction of sp³-hybridized carbons (Fsp3) is 0.357. The first-order valence-corrected chi connectivity index (χ1v) is 6.31. The Hall–Kier alpha value is -1.61. The molecule has 1 aromatic carbocycles. The highest BCUT2D eigenvalue weighted by Crippen LogP contribution is 2.30. The standard InChI is InChI=1S/C14H15N3/c1-2-4-11-9(3-1)10-5-6-12-14(13(10)17-11)16-8-7-15-12/h1-4,12,15,17H,5-8H2. The largest absolute Gasteiger partial charge is 0.353 e. The van der Waals surface area contributed by atoms with Gasteiger partial charge in [0, 0.05) is 17.4 Å². The first-order chi connectivity index (χ1) is 8.43. The third kappa shape index (κ3) is 1.29. The molecule has 0 bridgehead atoms. The second-order valence-corrected chi connectivity index (χ2v) is 4.84. The fourth-order valence-corrected chi connectivity index (χ4v) is 3.08. The summed E-state index contributed by atoms with van der Waals surface area (Å²) in [5.41, 5.74) is 5.22. The number of aromatic nitrogens is 1. The lowest BCUT2D eigenvalue weighted by molar-refractivity contribution is 0.554. The van der Waals surface area contributed by atoms with Gasteiger partial charge < -0.3 is 10.3 Å². The molecule has 0 spiro atoms. The number of fused-ring (bicyclic) bond motifs is 5. The monoisotopic (exact) mass is 225 g/mol. The minimum atomic E-state index is 0.462. The Labute approximate surface area is 99.9 Å². The summed E-state index contributed by atoms with van der Waals surface area (Å²) in [7, 11) is 0. The van der Waals surface area contributed by atoms with Gasteiger partial charge in [-0.1, -0.05) is 18.2 Å². The maximum atomic E-state index is 4.71. The molecule has 0 saturated heterocycles. The normalized spacial score (nSPS) is 23.1. The molecule has 1 unspecified atom stereocenters. The van der Waals surface area contributed by atoms with Gasteiger partial charge in [-0.25, -0.2) is 0 Å². The molecule has 1 aliphatic carbocycles. The van der Waals surface area contributed by atoms with Crippen LogP contribution in [0.3, 0.4) is 0 Å². The number of hydrogen-bond acceptors (Lipinski definition) is 2. The van der Waals surface area contributed by atoms with Crippen LogP contribution in [0.15, 0.2) is 29.3 Å². The average molecular weight is 225 g/mol. The summed E-state index contributed by atoms with van der Waals surface area (Å²) in [6, 6.07) is 9.03. The Kier molecular flexibility index (Phi) is 1.91. The van der Waals surface area contributed by atoms with Crippen LogP contribution in [-0.2, 0) is 6.42 Å². The quantitative estimate of drug-likeness (QED) is 0.706. The molecule has 2 heterocycles. The van der Waals surface area contributed by atoms with E-state index >= 15 is 0 Å². The first-order valence-electron chi connectivity index (χ1n) is 6.31. The van der Waals surface area contributed by atoms with E-state index in [4.69, 9.17) is 4.99 Å². The average Bonchev–Trinajstić information content (AvgIpc) is 2.78. The van der Waals surface area contributed by atoms with Crippen LogP contribution in [0.1, 0.15) is 17.7 Å². The van der Waals surface area contributed by atoms with Crippen molar-refractivity contribution >= 4 is 16.6 Å². The van der Waals surface area contributed by atoms with E-state index in [0.717, 1.165) is 19.5 Å². The molecule has 1 aromatic heterocycles. The molecule has 2 aliphatic rings. The van der Waals surface area contributed by atoms with Gasteiger partial charge in [-0.3, -0.25) is 4.99 Å². The van der Waals surface area contributed by atoms with Crippen molar-refractivity contribution in [3.8, 4) is 0 Å². The molecule has 3 heteroatoms. The second-order valence-electron chi connectivity index (χ2n) is 4.84. The van der Waals surface area contributed by atoms with E-state index in [-0.39, 0.29) is 0 Å². The Morgan fingerprint density at radius 3 is 3.18 bits per heavy atom. The van der Waals surface area contributed by atoms with E-state index in [1.807, 2.05) is 0 Å². The lowest BCUT2D eigenvalue weighted by Gasteiger charge is -2.28. The number of benzene rings is 1. The zero-order valence-electron chi connectivity index (χ0n) is 9.66. The highest BCUT2D eigenvalue weighted by Gasteiger charge is 2.29. The number of nitrogens with one attached hydrogen (secondary N) is 2. The van der Waals surface area contributed by atoms with E-state index in [0.29, 0.717) is 6.04 Å². The molecule has 0 saturated carbocycles. The van der Waals surface area contributed by atoms with Crippen LogP contribution in [0.5, 0.6) is 0 Å². The van der Waals surface area contributed by atoms with E-state index < -0.39 is 0 Å². The van der Waals surface area contributed by atoms with Crippen LogP contribution in [0.2, 0.25) is 0 Å². The van der Waals surface area contributed by atoms with Crippen molar-refractivity contribution in [2.75, 3.05) is 13.1 Å². The van der Waals surface area contributed by atoms with E-state index in [2.05, 4.69) is 34.6 Å². The number of aryl methyl sites for hydroxylation is 1. The minimum absolute atomic E-state index is 0.462. The van der Waals surface area contributed by atoms with Crippen LogP contribution >= 0.6 is 0 Å². The molecule has 2 N–H and O–H groups in total. The maximum absolute atomic E-state index is 4.71. The Balaban J connectivity index is 1.98. The number of rotatable bonds is 0. The molecule has 0 amide bonds. The van der Waals surface area contributed by atoms with Crippen molar-refractivity contribution in [2.24, 2.45) is 4.99 Å². The molecule has 1 atom stereocenters. The molecule has 4 rings (SSSR count). The highest BCUT2D eigenvalue weighted by atomic mass is 15.0. The van der Waals surface area contributed by atoms with Crippen molar-refractivity contribution in [3.05, 3.63) is 35.5 Å². The van der Waals surface area contributed by atoms with Gasteiger partial charge in [0.1, 0.15) is 0 Å². The van der Waals surface area contributed by atoms with Gasteiger partial charge in [0.25, 0.3) is 0 Å². The third-order valence-corrected chi connectivity index (χ3v) is 3.87. The van der Waals surface area contributed by atoms with E-state index in [1.165, 1.54) is 34.3 Å². The lowest BCUT2D eigenvalue weighted by Crippen LogP contribution is -2.45. The highest BCUT2D eigenvalue weighted by molar-refractivity contribution is 6.09. The Morgan fingerprint density at radius 2 is 2.18 bits per heavy atom. The van der Waals surface area contributed by atoms with Crippen LogP contribution in [0.4, 0.5) is 0 Å². The van der Waals surface area contributed by atoms with Gasteiger partial charge in [-0.15, -0.1) is 0 Å². The summed E-state index contributed by atoms with van der Waals surface area (Å²) in [6.45, 7) is 1.92. The van der Waals surface area contributed by atoms with Gasteiger partial charge in [-0.05, 0) is 24.5 Å². The summed E-state index contributed by atoms with van der Waals surface area (Å²) < 4.78 is 0. The molecule has 17 heavy (non-hydrogen) atoms. The minimum Gasteiger partial charge on any atom is -0.353 e. The summed E-state index contributed by atoms with van der Waals surface area (Å²) in [5.74, 6) is 0. The molecule has 0 fully saturated rings. The topological polar surface area (TPSA) is 40.2 Å². The maximum Gasteiger partial charge on any atom is 0.0755 e. The van der Waals surface area contributed by atoms with E-state index in [1.54, 1.807) is 0 Å². The van der Waals surface area contributed by atoms with Gasteiger partial charge in [0.2, 0.25) is 0 Å². The number of hydrogen-bond donors (Lipinski definition) is 2. The molecule has 2 aromatic rings. The Morgan fingerprint density at radius 1 is 1.24 bits per heavy atom. The SMILES string of the molecule is c1ccc2c3c([nH]c2c1)C1=NCCNC1CC3. The number of aliphatic imine (C=N–C) groups is 1. The Bertz CT molecular complexity index is 609. The fourth-order valence-electron chi connectivity index (χ4n) is 3.08. The molecule has 0 radical (unpaired) electrons. The van der Waals surface area contributed by atoms with Gasteiger partial charge in [-0.2, -0.15) is 0 Å². The number of nitrogens with zero attached hydrogens (tertiary/aromatic N) is 1. The van der Waals surface area contributed by atoms with Crippen LogP contribution < -0.4 is 5.32 Å². The summed E-state index contributed by atoms with van der Waals surface area (Å²) >= 11 is 0.